The third-order valence-electron chi connectivity index (χ3n) is 2.31. The van der Waals surface area contributed by atoms with Crippen molar-refractivity contribution in [3.63, 3.8) is 0 Å². The van der Waals surface area contributed by atoms with E-state index in [9.17, 15) is 14.4 Å². The highest BCUT2D eigenvalue weighted by Gasteiger charge is 2.27. The monoisotopic (exact) mass is 263 g/mol. The Labute approximate surface area is 111 Å². The summed E-state index contributed by atoms with van der Waals surface area (Å²) in [6.07, 6.45) is -0.344. The maximum absolute atomic E-state index is 11.9. The summed E-state index contributed by atoms with van der Waals surface area (Å²) in [6, 6.07) is 7.09. The fourth-order valence-corrected chi connectivity index (χ4v) is 1.43. The average molecular weight is 263 g/mol. The molecule has 0 aromatic heterocycles. The predicted molar refractivity (Wildman–Crippen MR) is 69.6 cm³/mol. The van der Waals surface area contributed by atoms with Crippen molar-refractivity contribution >= 4 is 17.7 Å². The number of carbonyl (C=O) groups excluding carboxylic acids is 3. The van der Waals surface area contributed by atoms with E-state index in [4.69, 9.17) is 4.74 Å². The van der Waals surface area contributed by atoms with Crippen LogP contribution in [0.3, 0.4) is 0 Å². The van der Waals surface area contributed by atoms with E-state index in [-0.39, 0.29) is 6.10 Å². The molecular formula is C14H17NO4. The van der Waals surface area contributed by atoms with E-state index < -0.39 is 23.7 Å². The first-order valence-electron chi connectivity index (χ1n) is 5.98. The minimum Gasteiger partial charge on any atom is -0.461 e. The lowest BCUT2D eigenvalue weighted by atomic mass is 10.1. The van der Waals surface area contributed by atoms with Crippen LogP contribution in [0.2, 0.25) is 0 Å². The number of ketones is 1. The van der Waals surface area contributed by atoms with Gasteiger partial charge in [-0.1, -0.05) is 18.2 Å². The highest BCUT2D eigenvalue weighted by molar-refractivity contribution is 6.07. The van der Waals surface area contributed by atoms with Gasteiger partial charge in [-0.15, -0.1) is 0 Å². The summed E-state index contributed by atoms with van der Waals surface area (Å²) >= 11 is 0. The summed E-state index contributed by atoms with van der Waals surface area (Å²) in [5.41, 5.74) is 0.381. The minimum absolute atomic E-state index is 0.344. The molecule has 0 fully saturated rings. The number of nitrogens with one attached hydrogen (secondary N) is 1. The zero-order valence-corrected chi connectivity index (χ0v) is 11.2. The third-order valence-corrected chi connectivity index (χ3v) is 2.31. The fraction of sp³-hybridized carbons (Fsp3) is 0.357. The van der Waals surface area contributed by atoms with E-state index in [0.29, 0.717) is 5.56 Å². The molecule has 1 rings (SSSR count). The van der Waals surface area contributed by atoms with Crippen LogP contribution in [0.5, 0.6) is 0 Å². The molecule has 102 valence electrons. The van der Waals surface area contributed by atoms with Crippen LogP contribution in [0.15, 0.2) is 30.3 Å². The second-order valence-corrected chi connectivity index (χ2v) is 4.37. The van der Waals surface area contributed by atoms with Crippen molar-refractivity contribution in [1.82, 2.24) is 5.32 Å². The number of benzene rings is 1. The van der Waals surface area contributed by atoms with Gasteiger partial charge in [-0.2, -0.15) is 0 Å². The molecule has 0 radical (unpaired) electrons. The molecule has 0 aliphatic heterocycles. The van der Waals surface area contributed by atoms with Crippen LogP contribution in [-0.4, -0.2) is 29.8 Å². The topological polar surface area (TPSA) is 72.5 Å². The van der Waals surface area contributed by atoms with Gasteiger partial charge in [-0.05, 0) is 32.9 Å². The first-order valence-corrected chi connectivity index (χ1v) is 5.98. The molecule has 1 N–H and O–H groups in total. The quantitative estimate of drug-likeness (QED) is 0.642. The Kier molecular flexibility index (Phi) is 5.23. The molecule has 5 heteroatoms. The second kappa shape index (κ2) is 6.68. The molecule has 5 nitrogen and oxygen atoms in total. The van der Waals surface area contributed by atoms with Gasteiger partial charge in [0, 0.05) is 5.56 Å². The molecule has 0 bridgehead atoms. The normalized spacial score (nSPS) is 11.8. The second-order valence-electron chi connectivity index (χ2n) is 4.37. The molecule has 1 aromatic carbocycles. The average Bonchev–Trinajstić information content (AvgIpc) is 2.35. The van der Waals surface area contributed by atoms with Crippen LogP contribution in [0.25, 0.3) is 0 Å². The van der Waals surface area contributed by atoms with E-state index in [1.165, 1.54) is 6.92 Å². The summed E-state index contributed by atoms with van der Waals surface area (Å²) in [6.45, 7) is 4.58. The van der Waals surface area contributed by atoms with Gasteiger partial charge in [0.25, 0.3) is 5.91 Å². The third kappa shape index (κ3) is 4.54. The number of rotatable bonds is 5. The van der Waals surface area contributed by atoms with Gasteiger partial charge in [0.15, 0.2) is 11.8 Å². The number of amides is 1. The summed E-state index contributed by atoms with van der Waals surface area (Å²) in [5, 5.41) is 2.37. The van der Waals surface area contributed by atoms with Crippen molar-refractivity contribution in [2.24, 2.45) is 0 Å². The van der Waals surface area contributed by atoms with E-state index in [1.54, 1.807) is 44.2 Å². The van der Waals surface area contributed by atoms with Gasteiger partial charge in [0.05, 0.1) is 6.10 Å². The lowest BCUT2D eigenvalue weighted by molar-refractivity contribution is -0.151. The van der Waals surface area contributed by atoms with Gasteiger partial charge in [-0.3, -0.25) is 9.59 Å². The van der Waals surface area contributed by atoms with E-state index in [0.717, 1.165) is 0 Å². The molecule has 0 heterocycles. The van der Waals surface area contributed by atoms with Crippen molar-refractivity contribution in [2.45, 2.75) is 32.9 Å². The van der Waals surface area contributed by atoms with Crippen LogP contribution in [0, 0.1) is 0 Å². The first kappa shape index (κ1) is 14.9. The van der Waals surface area contributed by atoms with E-state index in [1.807, 2.05) is 0 Å². The van der Waals surface area contributed by atoms with Crippen LogP contribution in [0.1, 0.15) is 31.1 Å². The lowest BCUT2D eigenvalue weighted by Gasteiger charge is -2.16. The molecule has 0 aliphatic carbocycles. The first-order chi connectivity index (χ1) is 8.91. The van der Waals surface area contributed by atoms with Crippen LogP contribution >= 0.6 is 0 Å². The number of carbonyl (C=O) groups is 3. The van der Waals surface area contributed by atoms with Gasteiger partial charge in [0.1, 0.15) is 0 Å². The summed E-state index contributed by atoms with van der Waals surface area (Å²) < 4.78 is 4.94. The molecule has 19 heavy (non-hydrogen) atoms. The van der Waals surface area contributed by atoms with E-state index >= 15 is 0 Å². The van der Waals surface area contributed by atoms with Crippen molar-refractivity contribution < 1.29 is 19.1 Å². The molecule has 0 aliphatic rings. The fourth-order valence-electron chi connectivity index (χ4n) is 1.43. The lowest BCUT2D eigenvalue weighted by Crippen LogP contribution is -2.47. The molecule has 1 aromatic rings. The molecular weight excluding hydrogens is 246 g/mol. The maximum atomic E-state index is 11.9. The Balaban J connectivity index is 2.77. The maximum Gasteiger partial charge on any atom is 0.336 e. The Hall–Kier alpha value is -2.17. The Morgan fingerprint density at radius 3 is 2.16 bits per heavy atom. The molecule has 1 amide bonds. The Bertz CT molecular complexity index is 468. The van der Waals surface area contributed by atoms with Crippen LogP contribution in [-0.2, 0) is 14.3 Å². The summed E-state index contributed by atoms with van der Waals surface area (Å²) in [4.78, 5) is 35.0. The zero-order chi connectivity index (χ0) is 14.4. The number of ether oxygens (including phenoxy) is 1. The van der Waals surface area contributed by atoms with Crippen molar-refractivity contribution in [3.8, 4) is 0 Å². The molecule has 0 saturated carbocycles. The Morgan fingerprint density at radius 2 is 1.68 bits per heavy atom. The molecule has 1 atom stereocenters. The number of hydrogen-bond donors (Lipinski definition) is 1. The number of esters is 1. The standard InChI is InChI=1S/C14H17NO4/c1-9(2)19-14(18)12(10(3)16)15-13(17)11-7-5-4-6-8-11/h4-9,12H,1-3H3,(H,15,17). The van der Waals surface area contributed by atoms with E-state index in [2.05, 4.69) is 5.32 Å². The predicted octanol–water partition coefficient (Wildman–Crippen LogP) is 1.33. The Morgan fingerprint density at radius 1 is 1.11 bits per heavy atom. The highest BCUT2D eigenvalue weighted by Crippen LogP contribution is 2.01. The molecule has 0 saturated heterocycles. The zero-order valence-electron chi connectivity index (χ0n) is 11.2. The summed E-state index contributed by atoms with van der Waals surface area (Å²) in [7, 11) is 0. The van der Waals surface area contributed by atoms with Crippen LogP contribution < -0.4 is 5.32 Å². The largest absolute Gasteiger partial charge is 0.461 e. The van der Waals surface area contributed by atoms with Gasteiger partial charge >= 0.3 is 5.97 Å². The van der Waals surface area contributed by atoms with Gasteiger partial charge in [0.2, 0.25) is 0 Å². The SMILES string of the molecule is CC(=O)C(NC(=O)c1ccccc1)C(=O)OC(C)C. The summed E-state index contributed by atoms with van der Waals surface area (Å²) in [5.74, 6) is -1.69. The highest BCUT2D eigenvalue weighted by atomic mass is 16.5. The number of Topliss-reactive ketones (excluding diaryl/α,β-unsaturated/α-hetero) is 1. The molecule has 1 unspecified atom stereocenters. The molecule has 0 spiro atoms. The van der Waals surface area contributed by atoms with Crippen molar-refractivity contribution in [3.05, 3.63) is 35.9 Å². The van der Waals surface area contributed by atoms with Crippen LogP contribution in [0.4, 0.5) is 0 Å². The smallest absolute Gasteiger partial charge is 0.336 e. The van der Waals surface area contributed by atoms with Gasteiger partial charge in [-0.25, -0.2) is 4.79 Å². The van der Waals surface area contributed by atoms with Crippen molar-refractivity contribution in [2.75, 3.05) is 0 Å². The minimum atomic E-state index is -1.27. The number of hydrogen-bond acceptors (Lipinski definition) is 4. The van der Waals surface area contributed by atoms with Gasteiger partial charge < -0.3 is 10.1 Å². The van der Waals surface area contributed by atoms with Crippen molar-refractivity contribution in [1.29, 1.82) is 0 Å².